The van der Waals surface area contributed by atoms with Crippen LogP contribution in [0.3, 0.4) is 0 Å². The van der Waals surface area contributed by atoms with E-state index < -0.39 is 0 Å². The summed E-state index contributed by atoms with van der Waals surface area (Å²) in [6, 6.07) is 11.1. The van der Waals surface area contributed by atoms with Crippen molar-refractivity contribution >= 4 is 5.69 Å². The monoisotopic (exact) mass is 269 g/mol. The number of aromatic nitrogens is 1. The van der Waals surface area contributed by atoms with Gasteiger partial charge in [-0.25, -0.2) is 0 Å². The molecule has 0 unspecified atom stereocenters. The van der Waals surface area contributed by atoms with Crippen LogP contribution in [0.15, 0.2) is 36.5 Å². The molecule has 1 aromatic heterocycles. The maximum absolute atomic E-state index is 8.87. The van der Waals surface area contributed by atoms with Gasteiger partial charge in [0.05, 0.1) is 32.4 Å². The standard InChI is InChI=1S/C15H15N3O2/c1-19-14-6-7-17-13(15(14)20-2)10-18-12-5-3-4-11(8-12)9-16/h3-8,18H,10H2,1-2H3. The number of anilines is 1. The van der Waals surface area contributed by atoms with E-state index in [1.165, 1.54) is 0 Å². The average molecular weight is 269 g/mol. The Hall–Kier alpha value is -2.74. The highest BCUT2D eigenvalue weighted by Crippen LogP contribution is 2.29. The summed E-state index contributed by atoms with van der Waals surface area (Å²) in [6.07, 6.45) is 1.67. The summed E-state index contributed by atoms with van der Waals surface area (Å²) < 4.78 is 10.6. The van der Waals surface area contributed by atoms with E-state index in [2.05, 4.69) is 16.4 Å². The second kappa shape index (κ2) is 6.43. The van der Waals surface area contributed by atoms with E-state index in [-0.39, 0.29) is 0 Å². The zero-order valence-corrected chi connectivity index (χ0v) is 11.4. The van der Waals surface area contributed by atoms with Crippen LogP contribution in [-0.4, -0.2) is 19.2 Å². The predicted octanol–water partition coefficient (Wildman–Crippen LogP) is 2.58. The predicted molar refractivity (Wildman–Crippen MR) is 75.8 cm³/mol. The first kappa shape index (κ1) is 13.7. The zero-order valence-electron chi connectivity index (χ0n) is 11.4. The van der Waals surface area contributed by atoms with Crippen LogP contribution in [0.25, 0.3) is 0 Å². The molecule has 0 saturated heterocycles. The topological polar surface area (TPSA) is 67.2 Å². The molecule has 0 aliphatic rings. The summed E-state index contributed by atoms with van der Waals surface area (Å²) in [5, 5.41) is 12.1. The van der Waals surface area contributed by atoms with Gasteiger partial charge in [0.15, 0.2) is 11.5 Å². The molecule has 0 amide bonds. The van der Waals surface area contributed by atoms with Crippen molar-refractivity contribution in [2.45, 2.75) is 6.54 Å². The summed E-state index contributed by atoms with van der Waals surface area (Å²) in [7, 11) is 3.17. The maximum atomic E-state index is 8.87. The fourth-order valence-electron chi connectivity index (χ4n) is 1.86. The van der Waals surface area contributed by atoms with Crippen LogP contribution >= 0.6 is 0 Å². The van der Waals surface area contributed by atoms with Crippen LogP contribution in [0.4, 0.5) is 5.69 Å². The first-order valence-electron chi connectivity index (χ1n) is 6.08. The molecule has 1 aromatic carbocycles. The molecule has 0 bridgehead atoms. The van der Waals surface area contributed by atoms with Gasteiger partial charge in [0.25, 0.3) is 0 Å². The molecule has 5 nitrogen and oxygen atoms in total. The number of rotatable bonds is 5. The second-order valence-corrected chi connectivity index (χ2v) is 4.04. The molecule has 1 heterocycles. The molecule has 1 N–H and O–H groups in total. The van der Waals surface area contributed by atoms with Gasteiger partial charge in [-0.1, -0.05) is 6.07 Å². The highest BCUT2D eigenvalue weighted by molar-refractivity contribution is 5.50. The number of nitrogens with zero attached hydrogens (tertiary/aromatic N) is 2. The number of ether oxygens (including phenoxy) is 2. The van der Waals surface area contributed by atoms with Crippen LogP contribution in [0, 0.1) is 11.3 Å². The van der Waals surface area contributed by atoms with Crippen molar-refractivity contribution in [2.75, 3.05) is 19.5 Å². The molecule has 0 aliphatic heterocycles. The van der Waals surface area contributed by atoms with Gasteiger partial charge in [0.2, 0.25) is 0 Å². The summed E-state index contributed by atoms with van der Waals surface area (Å²) >= 11 is 0. The second-order valence-electron chi connectivity index (χ2n) is 4.04. The van der Waals surface area contributed by atoms with Crippen molar-refractivity contribution in [3.63, 3.8) is 0 Å². The van der Waals surface area contributed by atoms with Gasteiger partial charge >= 0.3 is 0 Å². The lowest BCUT2D eigenvalue weighted by molar-refractivity contribution is 0.350. The van der Waals surface area contributed by atoms with Crippen LogP contribution in [-0.2, 0) is 6.54 Å². The molecule has 102 valence electrons. The minimum absolute atomic E-state index is 0.481. The molecule has 0 saturated carbocycles. The Morgan fingerprint density at radius 2 is 2.10 bits per heavy atom. The Labute approximate surface area is 117 Å². The van der Waals surface area contributed by atoms with E-state index in [0.29, 0.717) is 23.6 Å². The quantitative estimate of drug-likeness (QED) is 0.903. The molecule has 5 heteroatoms. The number of hydrogen-bond acceptors (Lipinski definition) is 5. The Kier molecular flexibility index (Phi) is 4.40. The molecule has 2 rings (SSSR count). The third-order valence-corrected chi connectivity index (χ3v) is 2.82. The highest BCUT2D eigenvalue weighted by atomic mass is 16.5. The molecule has 2 aromatic rings. The number of benzene rings is 1. The number of methoxy groups -OCH3 is 2. The Bertz CT molecular complexity index is 635. The van der Waals surface area contributed by atoms with E-state index in [1.807, 2.05) is 12.1 Å². The van der Waals surface area contributed by atoms with E-state index in [4.69, 9.17) is 14.7 Å². The van der Waals surface area contributed by atoms with Crippen molar-refractivity contribution in [2.24, 2.45) is 0 Å². The summed E-state index contributed by atoms with van der Waals surface area (Å²) in [5.74, 6) is 1.25. The van der Waals surface area contributed by atoms with Crippen LogP contribution < -0.4 is 14.8 Å². The minimum Gasteiger partial charge on any atom is -0.493 e. The highest BCUT2D eigenvalue weighted by Gasteiger charge is 2.10. The van der Waals surface area contributed by atoms with Crippen LogP contribution in [0.1, 0.15) is 11.3 Å². The molecule has 0 aliphatic carbocycles. The Balaban J connectivity index is 2.16. The number of hydrogen-bond donors (Lipinski definition) is 1. The molecule has 20 heavy (non-hydrogen) atoms. The fourth-order valence-corrected chi connectivity index (χ4v) is 1.86. The van der Waals surface area contributed by atoms with Crippen molar-refractivity contribution in [3.05, 3.63) is 47.8 Å². The third kappa shape index (κ3) is 2.98. The largest absolute Gasteiger partial charge is 0.493 e. The van der Waals surface area contributed by atoms with Crippen molar-refractivity contribution < 1.29 is 9.47 Å². The third-order valence-electron chi connectivity index (χ3n) is 2.82. The van der Waals surface area contributed by atoms with Gasteiger partial charge in [0, 0.05) is 18.0 Å². The maximum Gasteiger partial charge on any atom is 0.184 e. The van der Waals surface area contributed by atoms with E-state index in [1.54, 1.807) is 38.6 Å². The van der Waals surface area contributed by atoms with Crippen molar-refractivity contribution in [1.82, 2.24) is 4.98 Å². The summed E-state index contributed by atoms with van der Waals surface area (Å²) in [4.78, 5) is 4.28. The van der Waals surface area contributed by atoms with Crippen molar-refractivity contribution in [1.29, 1.82) is 5.26 Å². The number of nitriles is 1. The summed E-state index contributed by atoms with van der Waals surface area (Å²) in [6.45, 7) is 0.481. The van der Waals surface area contributed by atoms with Crippen LogP contribution in [0.2, 0.25) is 0 Å². The van der Waals surface area contributed by atoms with Gasteiger partial charge < -0.3 is 14.8 Å². The zero-order chi connectivity index (χ0) is 14.4. The molecule has 0 radical (unpaired) electrons. The summed E-state index contributed by atoms with van der Waals surface area (Å²) in [5.41, 5.74) is 2.21. The van der Waals surface area contributed by atoms with E-state index >= 15 is 0 Å². The normalized spacial score (nSPS) is 9.65. The van der Waals surface area contributed by atoms with Crippen molar-refractivity contribution in [3.8, 4) is 17.6 Å². The Morgan fingerprint density at radius 1 is 1.25 bits per heavy atom. The molecule has 0 spiro atoms. The first-order chi connectivity index (χ1) is 9.78. The number of pyridine rings is 1. The van der Waals surface area contributed by atoms with Gasteiger partial charge in [-0.2, -0.15) is 5.26 Å². The molecular weight excluding hydrogens is 254 g/mol. The van der Waals surface area contributed by atoms with E-state index in [9.17, 15) is 0 Å². The minimum atomic E-state index is 0.481. The molecular formula is C15H15N3O2. The SMILES string of the molecule is COc1ccnc(CNc2cccc(C#N)c2)c1OC. The van der Waals surface area contributed by atoms with Crippen LogP contribution in [0.5, 0.6) is 11.5 Å². The molecule has 0 atom stereocenters. The smallest absolute Gasteiger partial charge is 0.184 e. The van der Waals surface area contributed by atoms with Gasteiger partial charge in [-0.3, -0.25) is 4.98 Å². The lowest BCUT2D eigenvalue weighted by atomic mass is 10.2. The van der Waals surface area contributed by atoms with Gasteiger partial charge in [0.1, 0.15) is 5.69 Å². The first-order valence-corrected chi connectivity index (χ1v) is 6.08. The lowest BCUT2D eigenvalue weighted by Gasteiger charge is -2.12. The Morgan fingerprint density at radius 3 is 2.80 bits per heavy atom. The molecule has 0 fully saturated rings. The number of nitrogens with one attached hydrogen (secondary N) is 1. The van der Waals surface area contributed by atoms with Gasteiger partial charge in [-0.05, 0) is 18.2 Å². The van der Waals surface area contributed by atoms with E-state index in [0.717, 1.165) is 11.4 Å². The fraction of sp³-hybridized carbons (Fsp3) is 0.200. The van der Waals surface area contributed by atoms with Gasteiger partial charge in [-0.15, -0.1) is 0 Å². The average Bonchev–Trinajstić information content (AvgIpc) is 2.52. The lowest BCUT2D eigenvalue weighted by Crippen LogP contribution is -2.05.